The predicted molar refractivity (Wildman–Crippen MR) is 80.4 cm³/mol. The van der Waals surface area contributed by atoms with Crippen molar-refractivity contribution in [2.75, 3.05) is 6.54 Å². The van der Waals surface area contributed by atoms with Crippen LogP contribution < -0.4 is 0 Å². The van der Waals surface area contributed by atoms with Crippen LogP contribution in [-0.4, -0.2) is 36.7 Å². The van der Waals surface area contributed by atoms with Gasteiger partial charge in [-0.25, -0.2) is 15.0 Å². The number of aryl methyl sites for hydroxylation is 1. The lowest BCUT2D eigenvalue weighted by Gasteiger charge is -2.27. The largest absolute Gasteiger partial charge is 0.332 e. The zero-order chi connectivity index (χ0) is 15.1. The molecule has 0 aromatic carbocycles. The summed E-state index contributed by atoms with van der Waals surface area (Å²) in [6.07, 6.45) is 6.00. The Morgan fingerprint density at radius 3 is 3.14 bits per heavy atom. The molecule has 22 heavy (non-hydrogen) atoms. The number of hydrogen-bond donors (Lipinski definition) is 0. The van der Waals surface area contributed by atoms with Crippen molar-refractivity contribution in [2.24, 2.45) is 0 Å². The summed E-state index contributed by atoms with van der Waals surface area (Å²) >= 11 is 0. The van der Waals surface area contributed by atoms with E-state index in [1.807, 2.05) is 40.6 Å². The van der Waals surface area contributed by atoms with Crippen molar-refractivity contribution in [3.63, 3.8) is 0 Å². The number of fused-ring (bicyclic) bond motifs is 2. The molecule has 0 unspecified atom stereocenters. The van der Waals surface area contributed by atoms with E-state index in [1.54, 1.807) is 12.5 Å². The number of carbonyl (C=O) groups excluding carboxylic acids is 1. The van der Waals surface area contributed by atoms with Gasteiger partial charge in [-0.2, -0.15) is 0 Å². The first-order valence-electron chi connectivity index (χ1n) is 7.25. The van der Waals surface area contributed by atoms with E-state index < -0.39 is 0 Å². The van der Waals surface area contributed by atoms with Crippen LogP contribution in [0.25, 0.3) is 5.65 Å². The fourth-order valence-corrected chi connectivity index (χ4v) is 2.96. The fourth-order valence-electron chi connectivity index (χ4n) is 2.96. The summed E-state index contributed by atoms with van der Waals surface area (Å²) in [7, 11) is 0. The van der Waals surface area contributed by atoms with E-state index in [-0.39, 0.29) is 5.91 Å². The van der Waals surface area contributed by atoms with Crippen LogP contribution in [0.5, 0.6) is 0 Å². The van der Waals surface area contributed by atoms with Crippen LogP contribution >= 0.6 is 0 Å². The number of carbonyl (C=O) groups is 1. The maximum Gasteiger partial charge on any atom is 0.273 e. The van der Waals surface area contributed by atoms with Crippen LogP contribution in [0.3, 0.4) is 0 Å². The lowest BCUT2D eigenvalue weighted by Crippen LogP contribution is -2.37. The van der Waals surface area contributed by atoms with Gasteiger partial charge >= 0.3 is 0 Å². The molecular weight excluding hydrogens is 278 g/mol. The van der Waals surface area contributed by atoms with Gasteiger partial charge in [0.15, 0.2) is 0 Å². The topological polar surface area (TPSA) is 63.4 Å². The number of nitrogens with zero attached hydrogens (tertiary/aromatic N) is 5. The highest BCUT2D eigenvalue weighted by Gasteiger charge is 2.26. The molecule has 0 saturated heterocycles. The average Bonchev–Trinajstić information content (AvgIpc) is 2.89. The first-order valence-corrected chi connectivity index (χ1v) is 7.25. The van der Waals surface area contributed by atoms with Crippen LogP contribution in [0.1, 0.15) is 27.4 Å². The molecule has 1 aliphatic heterocycles. The number of amides is 1. The predicted octanol–water partition coefficient (Wildman–Crippen LogP) is 1.63. The van der Waals surface area contributed by atoms with Crippen molar-refractivity contribution in [2.45, 2.75) is 19.9 Å². The molecule has 3 aromatic rings. The Labute approximate surface area is 127 Å². The van der Waals surface area contributed by atoms with E-state index in [4.69, 9.17) is 0 Å². The molecule has 1 amide bonds. The van der Waals surface area contributed by atoms with Crippen LogP contribution in [0.4, 0.5) is 0 Å². The average molecular weight is 293 g/mol. The molecule has 6 nitrogen and oxygen atoms in total. The summed E-state index contributed by atoms with van der Waals surface area (Å²) in [5, 5.41) is 0. The molecule has 0 spiro atoms. The Bertz CT molecular complexity index is 870. The van der Waals surface area contributed by atoms with Crippen molar-refractivity contribution in [3.8, 4) is 0 Å². The number of hydrogen-bond acceptors (Lipinski definition) is 4. The Balaban J connectivity index is 1.71. The molecule has 4 heterocycles. The molecule has 4 rings (SSSR count). The van der Waals surface area contributed by atoms with Gasteiger partial charge < -0.3 is 4.90 Å². The highest BCUT2D eigenvalue weighted by Crippen LogP contribution is 2.20. The zero-order valence-corrected chi connectivity index (χ0v) is 12.2. The highest BCUT2D eigenvalue weighted by molar-refractivity contribution is 5.94. The first-order chi connectivity index (χ1) is 10.7. The molecule has 110 valence electrons. The molecule has 1 aliphatic rings. The lowest BCUT2D eigenvalue weighted by molar-refractivity contribution is 0.0725. The highest BCUT2D eigenvalue weighted by atomic mass is 16.2. The third-order valence-corrected chi connectivity index (χ3v) is 4.06. The maximum absolute atomic E-state index is 12.9. The Hall–Kier alpha value is -2.76. The van der Waals surface area contributed by atoms with Gasteiger partial charge in [-0.1, -0.05) is 6.07 Å². The van der Waals surface area contributed by atoms with Crippen molar-refractivity contribution >= 4 is 11.6 Å². The van der Waals surface area contributed by atoms with Gasteiger partial charge in [0.2, 0.25) is 0 Å². The molecule has 0 atom stereocenters. The summed E-state index contributed by atoms with van der Waals surface area (Å²) in [6, 6.07) is 5.73. The normalized spacial score (nSPS) is 14.1. The monoisotopic (exact) mass is 293 g/mol. The summed E-state index contributed by atoms with van der Waals surface area (Å²) < 4.78 is 1.86. The minimum Gasteiger partial charge on any atom is -0.332 e. The Morgan fingerprint density at radius 2 is 2.23 bits per heavy atom. The lowest BCUT2D eigenvalue weighted by atomic mass is 10.1. The van der Waals surface area contributed by atoms with Crippen molar-refractivity contribution in [3.05, 3.63) is 59.6 Å². The third kappa shape index (κ3) is 1.95. The SMILES string of the molecule is Cc1nc2ccccn2c1C(=O)N1CCc2ncncc2C1. The molecule has 0 N–H and O–H groups in total. The first kappa shape index (κ1) is 12.9. The van der Waals surface area contributed by atoms with Crippen LogP contribution in [-0.2, 0) is 13.0 Å². The third-order valence-electron chi connectivity index (χ3n) is 4.06. The van der Waals surface area contributed by atoms with Gasteiger partial charge in [0.1, 0.15) is 17.7 Å². The fraction of sp³-hybridized carbons (Fsp3) is 0.250. The van der Waals surface area contributed by atoms with Gasteiger partial charge in [-0.3, -0.25) is 9.20 Å². The van der Waals surface area contributed by atoms with Crippen LogP contribution in [0.15, 0.2) is 36.9 Å². The van der Waals surface area contributed by atoms with E-state index in [1.165, 1.54) is 0 Å². The smallest absolute Gasteiger partial charge is 0.273 e. The molecular formula is C16H15N5O. The number of aromatic nitrogens is 4. The van der Waals surface area contributed by atoms with E-state index >= 15 is 0 Å². The minimum atomic E-state index is 0.00528. The van der Waals surface area contributed by atoms with E-state index in [0.29, 0.717) is 18.8 Å². The summed E-state index contributed by atoms with van der Waals surface area (Å²) in [5.74, 6) is 0.00528. The van der Waals surface area contributed by atoms with Crippen molar-refractivity contribution < 1.29 is 4.79 Å². The van der Waals surface area contributed by atoms with Gasteiger partial charge in [0.25, 0.3) is 5.91 Å². The van der Waals surface area contributed by atoms with E-state index in [0.717, 1.165) is 29.0 Å². The second kappa shape index (κ2) is 4.91. The van der Waals surface area contributed by atoms with Gasteiger partial charge in [0.05, 0.1) is 11.4 Å². The second-order valence-corrected chi connectivity index (χ2v) is 5.45. The van der Waals surface area contributed by atoms with Crippen molar-refractivity contribution in [1.29, 1.82) is 0 Å². The molecule has 0 saturated carbocycles. The number of pyridine rings is 1. The summed E-state index contributed by atoms with van der Waals surface area (Å²) in [6.45, 7) is 3.10. The molecule has 0 fully saturated rings. The number of rotatable bonds is 1. The van der Waals surface area contributed by atoms with Gasteiger partial charge in [0, 0.05) is 37.5 Å². The zero-order valence-electron chi connectivity index (χ0n) is 12.2. The standard InChI is InChI=1S/C16H15N5O/c1-11-15(21-6-3-2-4-14(21)19-11)16(22)20-7-5-13-12(9-20)8-17-10-18-13/h2-4,6,8,10H,5,7,9H2,1H3. The maximum atomic E-state index is 12.9. The van der Waals surface area contributed by atoms with Crippen LogP contribution in [0.2, 0.25) is 0 Å². The quantitative estimate of drug-likeness (QED) is 0.684. The van der Waals surface area contributed by atoms with E-state index in [2.05, 4.69) is 15.0 Å². The van der Waals surface area contributed by atoms with Gasteiger partial charge in [-0.15, -0.1) is 0 Å². The van der Waals surface area contributed by atoms with Crippen molar-refractivity contribution in [1.82, 2.24) is 24.3 Å². The van der Waals surface area contributed by atoms with E-state index in [9.17, 15) is 4.79 Å². The molecule has 0 aliphatic carbocycles. The molecule has 0 bridgehead atoms. The van der Waals surface area contributed by atoms with Gasteiger partial charge in [-0.05, 0) is 19.1 Å². The Morgan fingerprint density at radius 1 is 1.32 bits per heavy atom. The Kier molecular flexibility index (Phi) is 2.89. The minimum absolute atomic E-state index is 0.00528. The van der Waals surface area contributed by atoms with Crippen LogP contribution in [0, 0.1) is 6.92 Å². The molecule has 3 aromatic heterocycles. The second-order valence-electron chi connectivity index (χ2n) is 5.45. The summed E-state index contributed by atoms with van der Waals surface area (Å²) in [4.78, 5) is 27.6. The number of imidazole rings is 1. The molecule has 0 radical (unpaired) electrons. The molecule has 6 heteroatoms. The summed E-state index contributed by atoms with van der Waals surface area (Å²) in [5.41, 5.74) is 4.24.